The first-order valence-corrected chi connectivity index (χ1v) is 10.2. The first kappa shape index (κ1) is 23.8. The summed E-state index contributed by atoms with van der Waals surface area (Å²) in [5.74, 6) is -0.745. The van der Waals surface area contributed by atoms with Gasteiger partial charge in [0.2, 0.25) is 0 Å². The number of hydrogen-bond acceptors (Lipinski definition) is 8. The zero-order chi connectivity index (χ0) is 21.9. The Bertz CT molecular complexity index is 721. The fourth-order valence-electron chi connectivity index (χ4n) is 3.12. The standard InChI is InChI=1S/C22H32N2O6/c25-17-7-5-15(11-19(17)27)13-21(29)23-9-3-1-2-4-10-24-22(30)14-16-6-8-18(26)20(28)12-16/h5-8,11-12,21-30H,1-4,9-10,13-14H2. The highest BCUT2D eigenvalue weighted by molar-refractivity contribution is 5.41. The second-order valence-corrected chi connectivity index (χ2v) is 7.41. The van der Waals surface area contributed by atoms with Crippen LogP contribution in [0.4, 0.5) is 0 Å². The molecule has 0 fully saturated rings. The Labute approximate surface area is 176 Å². The molecule has 0 heterocycles. The normalized spacial score (nSPS) is 13.3. The van der Waals surface area contributed by atoms with Crippen LogP contribution in [-0.2, 0) is 12.8 Å². The fraction of sp³-hybridized carbons (Fsp3) is 0.455. The highest BCUT2D eigenvalue weighted by Gasteiger charge is 2.08. The van der Waals surface area contributed by atoms with Gasteiger partial charge in [-0.15, -0.1) is 0 Å². The molecular weight excluding hydrogens is 388 g/mol. The van der Waals surface area contributed by atoms with E-state index < -0.39 is 12.5 Å². The molecule has 2 aromatic carbocycles. The van der Waals surface area contributed by atoms with E-state index in [-0.39, 0.29) is 23.0 Å². The summed E-state index contributed by atoms with van der Waals surface area (Å²) in [5.41, 5.74) is 1.47. The minimum absolute atomic E-state index is 0.178. The van der Waals surface area contributed by atoms with Crippen molar-refractivity contribution in [3.8, 4) is 23.0 Å². The molecule has 166 valence electrons. The second-order valence-electron chi connectivity index (χ2n) is 7.41. The van der Waals surface area contributed by atoms with Crippen LogP contribution in [0, 0.1) is 0 Å². The lowest BCUT2D eigenvalue weighted by molar-refractivity contribution is 0.135. The van der Waals surface area contributed by atoms with Crippen LogP contribution in [0.1, 0.15) is 36.8 Å². The number of nitrogens with one attached hydrogen (secondary N) is 2. The molecular formula is C22H32N2O6. The van der Waals surface area contributed by atoms with E-state index in [1.165, 1.54) is 24.3 Å². The van der Waals surface area contributed by atoms with E-state index in [0.717, 1.165) is 36.8 Å². The van der Waals surface area contributed by atoms with Crippen LogP contribution in [0.25, 0.3) is 0 Å². The molecule has 0 aliphatic carbocycles. The van der Waals surface area contributed by atoms with E-state index in [1.54, 1.807) is 12.1 Å². The third kappa shape index (κ3) is 8.46. The van der Waals surface area contributed by atoms with Crippen molar-refractivity contribution in [1.29, 1.82) is 0 Å². The van der Waals surface area contributed by atoms with Crippen LogP contribution in [-0.4, -0.2) is 56.2 Å². The molecule has 8 N–H and O–H groups in total. The summed E-state index contributed by atoms with van der Waals surface area (Å²) in [5, 5.41) is 63.6. The lowest BCUT2D eigenvalue weighted by Crippen LogP contribution is -2.32. The van der Waals surface area contributed by atoms with Crippen LogP contribution < -0.4 is 10.6 Å². The van der Waals surface area contributed by atoms with Crippen molar-refractivity contribution in [2.45, 2.75) is 51.0 Å². The minimum atomic E-state index is -0.718. The number of benzene rings is 2. The quantitative estimate of drug-likeness (QED) is 0.139. The van der Waals surface area contributed by atoms with Gasteiger partial charge in [-0.25, -0.2) is 0 Å². The number of aliphatic hydroxyl groups excluding tert-OH is 2. The second kappa shape index (κ2) is 12.2. The van der Waals surface area contributed by atoms with Gasteiger partial charge in [0.1, 0.15) is 12.5 Å². The van der Waals surface area contributed by atoms with Crippen LogP contribution >= 0.6 is 0 Å². The molecule has 0 bridgehead atoms. The number of unbranched alkanes of at least 4 members (excludes halogenated alkanes) is 3. The van der Waals surface area contributed by atoms with E-state index in [4.69, 9.17) is 0 Å². The van der Waals surface area contributed by atoms with Crippen molar-refractivity contribution in [1.82, 2.24) is 10.6 Å². The molecule has 8 nitrogen and oxygen atoms in total. The van der Waals surface area contributed by atoms with Gasteiger partial charge in [-0.3, -0.25) is 10.6 Å². The van der Waals surface area contributed by atoms with Crippen LogP contribution in [0.5, 0.6) is 23.0 Å². The average Bonchev–Trinajstić information content (AvgIpc) is 2.69. The summed E-state index contributed by atoms with van der Waals surface area (Å²) in [6.45, 7) is 1.34. The third-order valence-electron chi connectivity index (χ3n) is 4.80. The summed E-state index contributed by atoms with van der Waals surface area (Å²) in [6.07, 6.45) is 3.05. The SMILES string of the molecule is Oc1ccc(CC(O)NCCCCCCNC(O)Cc2ccc(O)c(O)c2)cc1O. The minimum Gasteiger partial charge on any atom is -0.504 e. The molecule has 0 saturated carbocycles. The highest BCUT2D eigenvalue weighted by atomic mass is 16.3. The third-order valence-corrected chi connectivity index (χ3v) is 4.80. The number of rotatable bonds is 13. The summed E-state index contributed by atoms with van der Waals surface area (Å²) >= 11 is 0. The lowest BCUT2D eigenvalue weighted by atomic mass is 10.1. The molecule has 30 heavy (non-hydrogen) atoms. The van der Waals surface area contributed by atoms with Crippen LogP contribution in [0.15, 0.2) is 36.4 Å². The molecule has 8 heteroatoms. The molecule has 2 rings (SSSR count). The molecule has 0 amide bonds. The van der Waals surface area contributed by atoms with Crippen molar-refractivity contribution >= 4 is 0 Å². The van der Waals surface area contributed by atoms with E-state index in [1.807, 2.05) is 0 Å². The van der Waals surface area contributed by atoms with Crippen molar-refractivity contribution in [2.75, 3.05) is 13.1 Å². The monoisotopic (exact) mass is 420 g/mol. The molecule has 0 spiro atoms. The predicted octanol–water partition coefficient (Wildman–Crippen LogP) is 1.67. The van der Waals surface area contributed by atoms with Crippen molar-refractivity contribution in [3.63, 3.8) is 0 Å². The molecule has 2 aromatic rings. The van der Waals surface area contributed by atoms with Gasteiger partial charge in [-0.05, 0) is 61.3 Å². The Morgan fingerprint density at radius 2 is 0.967 bits per heavy atom. The smallest absolute Gasteiger partial charge is 0.157 e. The van der Waals surface area contributed by atoms with Gasteiger partial charge >= 0.3 is 0 Å². The Morgan fingerprint density at radius 3 is 1.33 bits per heavy atom. The van der Waals surface area contributed by atoms with E-state index in [2.05, 4.69) is 10.6 Å². The van der Waals surface area contributed by atoms with Gasteiger partial charge in [-0.1, -0.05) is 25.0 Å². The largest absolute Gasteiger partial charge is 0.504 e. The van der Waals surface area contributed by atoms with Crippen molar-refractivity contribution in [2.24, 2.45) is 0 Å². The molecule has 0 aromatic heterocycles. The van der Waals surface area contributed by atoms with E-state index >= 15 is 0 Å². The molecule has 0 aliphatic heterocycles. The van der Waals surface area contributed by atoms with Gasteiger partial charge < -0.3 is 30.6 Å². The number of aromatic hydroxyl groups is 4. The maximum atomic E-state index is 10.00. The number of aliphatic hydroxyl groups is 2. The molecule has 2 unspecified atom stereocenters. The highest BCUT2D eigenvalue weighted by Crippen LogP contribution is 2.26. The lowest BCUT2D eigenvalue weighted by Gasteiger charge is -2.14. The Balaban J connectivity index is 1.49. The molecule has 0 saturated heterocycles. The maximum Gasteiger partial charge on any atom is 0.157 e. The summed E-state index contributed by atoms with van der Waals surface area (Å²) in [6, 6.07) is 8.99. The Kier molecular flexibility index (Phi) is 9.69. The summed E-state index contributed by atoms with van der Waals surface area (Å²) in [4.78, 5) is 0. The van der Waals surface area contributed by atoms with Gasteiger partial charge in [0.15, 0.2) is 23.0 Å². The Morgan fingerprint density at radius 1 is 0.567 bits per heavy atom. The van der Waals surface area contributed by atoms with Gasteiger partial charge in [0.05, 0.1) is 0 Å². The van der Waals surface area contributed by atoms with Gasteiger partial charge in [0.25, 0.3) is 0 Å². The van der Waals surface area contributed by atoms with Crippen molar-refractivity contribution in [3.05, 3.63) is 47.5 Å². The maximum absolute atomic E-state index is 10.00. The summed E-state index contributed by atoms with van der Waals surface area (Å²) < 4.78 is 0. The first-order valence-electron chi connectivity index (χ1n) is 10.2. The zero-order valence-corrected chi connectivity index (χ0v) is 17.0. The van der Waals surface area contributed by atoms with Gasteiger partial charge in [-0.2, -0.15) is 0 Å². The van der Waals surface area contributed by atoms with Crippen LogP contribution in [0.2, 0.25) is 0 Å². The Hall–Kier alpha value is -2.52. The fourth-order valence-corrected chi connectivity index (χ4v) is 3.12. The molecule has 0 aliphatic rings. The van der Waals surface area contributed by atoms with Crippen molar-refractivity contribution < 1.29 is 30.6 Å². The number of hydrogen-bond donors (Lipinski definition) is 8. The molecule has 0 radical (unpaired) electrons. The average molecular weight is 421 g/mol. The van der Waals surface area contributed by atoms with Gasteiger partial charge in [0, 0.05) is 12.8 Å². The first-order chi connectivity index (χ1) is 14.3. The number of phenols is 4. The molecule has 2 atom stereocenters. The zero-order valence-electron chi connectivity index (χ0n) is 17.0. The van der Waals surface area contributed by atoms with E-state index in [0.29, 0.717) is 25.9 Å². The van der Waals surface area contributed by atoms with E-state index in [9.17, 15) is 30.6 Å². The topological polar surface area (TPSA) is 145 Å². The summed E-state index contributed by atoms with van der Waals surface area (Å²) in [7, 11) is 0. The predicted molar refractivity (Wildman–Crippen MR) is 113 cm³/mol. The number of phenolic OH excluding ortho intramolecular Hbond substituents is 4. The van der Waals surface area contributed by atoms with Crippen LogP contribution in [0.3, 0.4) is 0 Å².